The smallest absolute Gasteiger partial charge is 0.265 e. The molecule has 0 bridgehead atoms. The number of carbonyl (C=O) groups is 2. The highest BCUT2D eigenvalue weighted by Gasteiger charge is 2.24. The molecule has 1 heterocycles. The van der Waals surface area contributed by atoms with E-state index in [2.05, 4.69) is 31.4 Å². The van der Waals surface area contributed by atoms with E-state index >= 15 is 0 Å². The number of anilines is 2. The van der Waals surface area contributed by atoms with Gasteiger partial charge in [0.2, 0.25) is 0 Å². The molecule has 2 N–H and O–H groups in total. The summed E-state index contributed by atoms with van der Waals surface area (Å²) in [5, 5.41) is 5.58. The van der Waals surface area contributed by atoms with Crippen LogP contribution in [0.5, 0.6) is 11.5 Å². The number of amides is 2. The van der Waals surface area contributed by atoms with Crippen LogP contribution in [0.4, 0.5) is 11.4 Å². The van der Waals surface area contributed by atoms with Gasteiger partial charge in [-0.3, -0.25) is 9.59 Å². The second-order valence-electron chi connectivity index (χ2n) is 7.99. The first-order valence-corrected chi connectivity index (χ1v) is 9.33. The average Bonchev–Trinajstić information content (AvgIpc) is 2.62. The molecule has 1 aliphatic rings. The fourth-order valence-electron chi connectivity index (χ4n) is 2.82. The number of carbonyl (C=O) groups excluding carboxylic acids is 2. The van der Waals surface area contributed by atoms with Gasteiger partial charge in [-0.15, -0.1) is 0 Å². The zero-order valence-corrected chi connectivity index (χ0v) is 16.8. The number of fused-ring (bicyclic) bond motifs is 1. The third-order valence-electron chi connectivity index (χ3n) is 4.56. The van der Waals surface area contributed by atoms with Gasteiger partial charge in [0.05, 0.1) is 5.69 Å². The van der Waals surface area contributed by atoms with E-state index in [0.717, 1.165) is 5.56 Å². The molecular weight excluding hydrogens is 356 g/mol. The molecule has 0 spiro atoms. The second-order valence-corrected chi connectivity index (χ2v) is 7.99. The molecule has 1 aliphatic heterocycles. The van der Waals surface area contributed by atoms with Gasteiger partial charge in [0.1, 0.15) is 11.5 Å². The van der Waals surface area contributed by atoms with Gasteiger partial charge in [0.15, 0.2) is 12.2 Å². The van der Waals surface area contributed by atoms with Crippen molar-refractivity contribution in [1.29, 1.82) is 0 Å². The fraction of sp³-hybridized carbons (Fsp3) is 0.364. The molecule has 6 nitrogen and oxygen atoms in total. The summed E-state index contributed by atoms with van der Waals surface area (Å²) in [4.78, 5) is 24.3. The average molecular weight is 382 g/mol. The first-order chi connectivity index (χ1) is 13.1. The Morgan fingerprint density at radius 3 is 2.68 bits per heavy atom. The van der Waals surface area contributed by atoms with E-state index in [4.69, 9.17) is 9.47 Å². The zero-order valence-electron chi connectivity index (χ0n) is 16.8. The van der Waals surface area contributed by atoms with Gasteiger partial charge < -0.3 is 20.1 Å². The van der Waals surface area contributed by atoms with Gasteiger partial charge in [-0.2, -0.15) is 0 Å². The number of ether oxygens (including phenoxy) is 2. The maximum atomic E-state index is 12.5. The lowest BCUT2D eigenvalue weighted by molar-refractivity contribution is -0.123. The van der Waals surface area contributed by atoms with Crippen LogP contribution in [0, 0.1) is 0 Å². The van der Waals surface area contributed by atoms with Crippen LogP contribution in [0.3, 0.4) is 0 Å². The van der Waals surface area contributed by atoms with Crippen molar-refractivity contribution in [2.24, 2.45) is 0 Å². The lowest BCUT2D eigenvalue weighted by Crippen LogP contribution is -2.34. The lowest BCUT2D eigenvalue weighted by Gasteiger charge is -2.24. The van der Waals surface area contributed by atoms with Gasteiger partial charge in [0.25, 0.3) is 11.8 Å². The van der Waals surface area contributed by atoms with Crippen molar-refractivity contribution in [3.8, 4) is 11.5 Å². The summed E-state index contributed by atoms with van der Waals surface area (Å²) >= 11 is 0. The van der Waals surface area contributed by atoms with Crippen LogP contribution >= 0.6 is 0 Å². The topological polar surface area (TPSA) is 76.7 Å². The van der Waals surface area contributed by atoms with Gasteiger partial charge in [0, 0.05) is 5.69 Å². The molecule has 28 heavy (non-hydrogen) atoms. The van der Waals surface area contributed by atoms with Crippen LogP contribution in [0.15, 0.2) is 42.5 Å². The van der Waals surface area contributed by atoms with E-state index in [1.807, 2.05) is 24.3 Å². The van der Waals surface area contributed by atoms with Crippen molar-refractivity contribution in [2.45, 2.75) is 52.2 Å². The van der Waals surface area contributed by atoms with E-state index < -0.39 is 12.2 Å². The van der Waals surface area contributed by atoms with Crippen LogP contribution in [-0.2, 0) is 15.0 Å². The molecule has 2 aromatic carbocycles. The van der Waals surface area contributed by atoms with Crippen molar-refractivity contribution >= 4 is 23.2 Å². The molecule has 2 aromatic rings. The third kappa shape index (κ3) is 4.44. The highest BCUT2D eigenvalue weighted by Crippen LogP contribution is 2.32. The predicted molar refractivity (Wildman–Crippen MR) is 109 cm³/mol. The molecule has 0 unspecified atom stereocenters. The number of hydrogen-bond acceptors (Lipinski definition) is 4. The SMILES string of the molecule is C[C@H](Oc1cccc(C(C)(C)C)c1)C(=O)Nc1ccc2c(c1)NC(=O)[C@H](C)O2. The molecule has 0 aliphatic carbocycles. The molecule has 0 fully saturated rings. The van der Waals surface area contributed by atoms with Gasteiger partial charge >= 0.3 is 0 Å². The molecule has 0 aromatic heterocycles. The van der Waals surface area contributed by atoms with E-state index in [-0.39, 0.29) is 17.2 Å². The quantitative estimate of drug-likeness (QED) is 0.834. The molecule has 0 saturated carbocycles. The molecule has 2 atom stereocenters. The third-order valence-corrected chi connectivity index (χ3v) is 4.56. The Bertz CT molecular complexity index is 902. The molecule has 0 radical (unpaired) electrons. The highest BCUT2D eigenvalue weighted by molar-refractivity contribution is 5.99. The molecule has 148 valence electrons. The molecular formula is C22H26N2O4. The summed E-state index contributed by atoms with van der Waals surface area (Å²) in [7, 11) is 0. The van der Waals surface area contributed by atoms with Crippen LogP contribution in [0.2, 0.25) is 0 Å². The standard InChI is InChI=1S/C22H26N2O4/c1-13(27-17-8-6-7-15(11-17)22(3,4)5)20(25)23-16-9-10-19-18(12-16)24-21(26)14(2)28-19/h6-14H,1-5H3,(H,23,25)(H,24,26)/t13-,14-/m0/s1. The Morgan fingerprint density at radius 1 is 1.21 bits per heavy atom. The van der Waals surface area contributed by atoms with Crippen molar-refractivity contribution in [2.75, 3.05) is 10.6 Å². The minimum absolute atomic E-state index is 0.00198. The summed E-state index contributed by atoms with van der Waals surface area (Å²) in [6, 6.07) is 12.9. The van der Waals surface area contributed by atoms with E-state index in [9.17, 15) is 9.59 Å². The molecule has 6 heteroatoms. The van der Waals surface area contributed by atoms with Crippen molar-refractivity contribution in [3.63, 3.8) is 0 Å². The minimum atomic E-state index is -0.683. The van der Waals surface area contributed by atoms with Crippen molar-refractivity contribution in [1.82, 2.24) is 0 Å². The van der Waals surface area contributed by atoms with Crippen molar-refractivity contribution < 1.29 is 19.1 Å². The Morgan fingerprint density at radius 2 is 1.96 bits per heavy atom. The van der Waals surface area contributed by atoms with Crippen LogP contribution in [-0.4, -0.2) is 24.0 Å². The summed E-state index contributed by atoms with van der Waals surface area (Å²) in [6.45, 7) is 9.76. The number of hydrogen-bond donors (Lipinski definition) is 2. The van der Waals surface area contributed by atoms with E-state index in [1.54, 1.807) is 32.0 Å². The van der Waals surface area contributed by atoms with Crippen LogP contribution < -0.4 is 20.1 Å². The zero-order chi connectivity index (χ0) is 20.5. The monoisotopic (exact) mass is 382 g/mol. The maximum Gasteiger partial charge on any atom is 0.265 e. The van der Waals surface area contributed by atoms with Gasteiger partial charge in [-0.25, -0.2) is 0 Å². The number of nitrogens with one attached hydrogen (secondary N) is 2. The minimum Gasteiger partial charge on any atom is -0.481 e. The summed E-state index contributed by atoms with van der Waals surface area (Å²) < 4.78 is 11.3. The molecule has 2 amide bonds. The predicted octanol–water partition coefficient (Wildman–Crippen LogP) is 4.11. The lowest BCUT2D eigenvalue weighted by atomic mass is 9.87. The Hall–Kier alpha value is -3.02. The molecule has 0 saturated heterocycles. The highest BCUT2D eigenvalue weighted by atomic mass is 16.5. The summed E-state index contributed by atoms with van der Waals surface area (Å²) in [5.74, 6) is 0.729. The Labute approximate surface area is 165 Å². The number of benzene rings is 2. The Balaban J connectivity index is 1.67. The van der Waals surface area contributed by atoms with Gasteiger partial charge in [-0.05, 0) is 55.2 Å². The fourth-order valence-corrected chi connectivity index (χ4v) is 2.82. The summed E-state index contributed by atoms with van der Waals surface area (Å²) in [5.41, 5.74) is 2.23. The van der Waals surface area contributed by atoms with E-state index in [0.29, 0.717) is 22.9 Å². The maximum absolute atomic E-state index is 12.5. The number of rotatable bonds is 4. The Kier molecular flexibility index (Phi) is 5.31. The summed E-state index contributed by atoms with van der Waals surface area (Å²) in [6.07, 6.45) is -1.22. The van der Waals surface area contributed by atoms with Crippen molar-refractivity contribution in [3.05, 3.63) is 48.0 Å². The van der Waals surface area contributed by atoms with Gasteiger partial charge in [-0.1, -0.05) is 32.9 Å². The normalized spacial score (nSPS) is 17.0. The van der Waals surface area contributed by atoms with E-state index in [1.165, 1.54) is 0 Å². The largest absolute Gasteiger partial charge is 0.481 e. The van der Waals surface area contributed by atoms with Crippen LogP contribution in [0.1, 0.15) is 40.2 Å². The molecule has 3 rings (SSSR count). The first kappa shape index (κ1) is 19.7. The first-order valence-electron chi connectivity index (χ1n) is 9.33. The second kappa shape index (κ2) is 7.54. The van der Waals surface area contributed by atoms with Crippen LogP contribution in [0.25, 0.3) is 0 Å².